The standard InChI is InChI=1S/C15H31N3O3/c1-17-15(14(16)19)7-4-6-13(12-15)18(9-11-21-3)8-5-10-20-2/h13,17H,4-12H2,1-3H3,(H2,16,19). The number of carbonyl (C=O) groups excluding carboxylic acids is 1. The Morgan fingerprint density at radius 3 is 2.62 bits per heavy atom. The van der Waals surface area contributed by atoms with Gasteiger partial charge in [-0.1, -0.05) is 0 Å². The van der Waals surface area contributed by atoms with Crippen molar-refractivity contribution in [2.45, 2.75) is 43.7 Å². The lowest BCUT2D eigenvalue weighted by molar-refractivity contribution is -0.126. The number of nitrogens with one attached hydrogen (secondary N) is 1. The van der Waals surface area contributed by atoms with Crippen LogP contribution in [0.5, 0.6) is 0 Å². The maximum absolute atomic E-state index is 11.8. The van der Waals surface area contributed by atoms with Crippen LogP contribution in [0.15, 0.2) is 0 Å². The second-order valence-electron chi connectivity index (χ2n) is 5.82. The number of likely N-dealkylation sites (N-methyl/N-ethyl adjacent to an activating group) is 1. The van der Waals surface area contributed by atoms with Gasteiger partial charge >= 0.3 is 0 Å². The van der Waals surface area contributed by atoms with E-state index in [1.54, 1.807) is 14.2 Å². The summed E-state index contributed by atoms with van der Waals surface area (Å²) in [5.74, 6) is -0.238. The van der Waals surface area contributed by atoms with Gasteiger partial charge in [-0.3, -0.25) is 9.69 Å². The zero-order valence-electron chi connectivity index (χ0n) is 13.7. The van der Waals surface area contributed by atoms with Crippen molar-refractivity contribution in [1.29, 1.82) is 0 Å². The smallest absolute Gasteiger partial charge is 0.237 e. The van der Waals surface area contributed by atoms with Crippen molar-refractivity contribution < 1.29 is 14.3 Å². The molecule has 6 nitrogen and oxygen atoms in total. The van der Waals surface area contributed by atoms with Gasteiger partial charge in [0.25, 0.3) is 0 Å². The summed E-state index contributed by atoms with van der Waals surface area (Å²) < 4.78 is 10.4. The highest BCUT2D eigenvalue weighted by Crippen LogP contribution is 2.31. The largest absolute Gasteiger partial charge is 0.385 e. The van der Waals surface area contributed by atoms with Crippen LogP contribution in [-0.2, 0) is 14.3 Å². The van der Waals surface area contributed by atoms with Crippen molar-refractivity contribution in [1.82, 2.24) is 10.2 Å². The minimum Gasteiger partial charge on any atom is -0.385 e. The number of methoxy groups -OCH3 is 2. The fraction of sp³-hybridized carbons (Fsp3) is 0.933. The number of amides is 1. The van der Waals surface area contributed by atoms with Gasteiger partial charge in [0.05, 0.1) is 12.1 Å². The van der Waals surface area contributed by atoms with Crippen molar-refractivity contribution in [3.8, 4) is 0 Å². The number of ether oxygens (including phenoxy) is 2. The molecular formula is C15H31N3O3. The molecule has 0 spiro atoms. The van der Waals surface area contributed by atoms with Crippen molar-refractivity contribution in [2.24, 2.45) is 5.73 Å². The van der Waals surface area contributed by atoms with Crippen molar-refractivity contribution in [3.05, 3.63) is 0 Å². The Bertz CT molecular complexity index is 315. The molecule has 0 aromatic heterocycles. The normalized spacial score (nSPS) is 26.2. The van der Waals surface area contributed by atoms with Crippen molar-refractivity contribution >= 4 is 5.91 Å². The molecule has 124 valence electrons. The van der Waals surface area contributed by atoms with Crippen LogP contribution in [0.4, 0.5) is 0 Å². The van der Waals surface area contributed by atoms with Crippen LogP contribution in [0, 0.1) is 0 Å². The molecule has 0 aromatic rings. The Hall–Kier alpha value is -0.690. The van der Waals surface area contributed by atoms with Crippen LogP contribution in [-0.4, -0.2) is 70.0 Å². The number of nitrogens with two attached hydrogens (primary N) is 1. The predicted molar refractivity (Wildman–Crippen MR) is 83.2 cm³/mol. The van der Waals surface area contributed by atoms with Crippen LogP contribution in [0.2, 0.25) is 0 Å². The SMILES string of the molecule is CNC1(C(N)=O)CCCC(N(CCCOC)CCOC)C1. The van der Waals surface area contributed by atoms with E-state index in [1.165, 1.54) is 0 Å². The van der Waals surface area contributed by atoms with Gasteiger partial charge in [-0.25, -0.2) is 0 Å². The number of carbonyl (C=O) groups is 1. The number of primary amides is 1. The molecule has 0 aromatic carbocycles. The molecule has 6 heteroatoms. The molecule has 2 atom stereocenters. The zero-order chi connectivity index (χ0) is 15.7. The molecule has 21 heavy (non-hydrogen) atoms. The molecule has 2 unspecified atom stereocenters. The molecule has 1 rings (SSSR count). The summed E-state index contributed by atoms with van der Waals surface area (Å²) in [6.45, 7) is 3.29. The quantitative estimate of drug-likeness (QED) is 0.570. The molecule has 1 saturated carbocycles. The van der Waals surface area contributed by atoms with Crippen molar-refractivity contribution in [3.63, 3.8) is 0 Å². The molecule has 0 aliphatic heterocycles. The molecular weight excluding hydrogens is 270 g/mol. The van der Waals surface area contributed by atoms with Crippen LogP contribution in [0.1, 0.15) is 32.1 Å². The predicted octanol–water partition coefficient (Wildman–Crippen LogP) is 0.357. The first-order valence-corrected chi connectivity index (χ1v) is 7.80. The minimum atomic E-state index is -0.560. The van der Waals surface area contributed by atoms with Gasteiger partial charge in [0.1, 0.15) is 0 Å². The highest BCUT2D eigenvalue weighted by atomic mass is 16.5. The van der Waals surface area contributed by atoms with Crippen LogP contribution in [0.3, 0.4) is 0 Å². The average Bonchev–Trinajstić information content (AvgIpc) is 2.50. The second kappa shape index (κ2) is 9.35. The molecule has 1 aliphatic carbocycles. The van der Waals surface area contributed by atoms with E-state index in [0.717, 1.165) is 51.8 Å². The first kappa shape index (κ1) is 18.4. The highest BCUT2D eigenvalue weighted by molar-refractivity contribution is 5.84. The first-order chi connectivity index (χ1) is 10.1. The third-order valence-electron chi connectivity index (χ3n) is 4.57. The van der Waals surface area contributed by atoms with Gasteiger partial charge in [-0.05, 0) is 39.2 Å². The van der Waals surface area contributed by atoms with E-state index in [4.69, 9.17) is 15.2 Å². The fourth-order valence-electron chi connectivity index (χ4n) is 3.23. The van der Waals surface area contributed by atoms with Gasteiger partial charge < -0.3 is 20.5 Å². The van der Waals surface area contributed by atoms with E-state index in [9.17, 15) is 4.79 Å². The number of hydrogen-bond acceptors (Lipinski definition) is 5. The van der Waals surface area contributed by atoms with Gasteiger partial charge in [0.2, 0.25) is 5.91 Å². The lowest BCUT2D eigenvalue weighted by Gasteiger charge is -2.43. The summed E-state index contributed by atoms with van der Waals surface area (Å²) in [7, 11) is 5.27. The van der Waals surface area contributed by atoms with Crippen LogP contribution in [0.25, 0.3) is 0 Å². The molecule has 3 N–H and O–H groups in total. The molecule has 0 heterocycles. The van der Waals surface area contributed by atoms with Gasteiger partial charge in [-0.15, -0.1) is 0 Å². The summed E-state index contributed by atoms with van der Waals surface area (Å²) in [5.41, 5.74) is 5.07. The minimum absolute atomic E-state index is 0.238. The van der Waals surface area contributed by atoms with E-state index in [0.29, 0.717) is 12.6 Å². The summed E-state index contributed by atoms with van der Waals surface area (Å²) in [6, 6.07) is 0.366. The molecule has 1 amide bonds. The molecule has 0 saturated heterocycles. The third kappa shape index (κ3) is 5.21. The maximum atomic E-state index is 11.8. The summed E-state index contributed by atoms with van der Waals surface area (Å²) in [4.78, 5) is 14.3. The molecule has 0 radical (unpaired) electrons. The van der Waals surface area contributed by atoms with E-state index in [1.807, 2.05) is 7.05 Å². The second-order valence-corrected chi connectivity index (χ2v) is 5.82. The fourth-order valence-corrected chi connectivity index (χ4v) is 3.23. The average molecular weight is 301 g/mol. The summed E-state index contributed by atoms with van der Waals surface area (Å²) >= 11 is 0. The third-order valence-corrected chi connectivity index (χ3v) is 4.57. The van der Waals surface area contributed by atoms with Gasteiger partial charge in [-0.2, -0.15) is 0 Å². The van der Waals surface area contributed by atoms with E-state index in [-0.39, 0.29) is 5.91 Å². The number of rotatable bonds is 10. The van der Waals surface area contributed by atoms with Crippen LogP contribution >= 0.6 is 0 Å². The zero-order valence-corrected chi connectivity index (χ0v) is 13.7. The van der Waals surface area contributed by atoms with Crippen molar-refractivity contribution in [2.75, 3.05) is 47.6 Å². The number of nitrogens with zero attached hydrogens (tertiary/aromatic N) is 1. The lowest BCUT2D eigenvalue weighted by Crippen LogP contribution is -2.59. The Labute approximate surface area is 128 Å². The number of hydrogen-bond donors (Lipinski definition) is 2. The summed E-state index contributed by atoms with van der Waals surface area (Å²) in [5, 5.41) is 3.17. The Morgan fingerprint density at radius 1 is 1.33 bits per heavy atom. The van der Waals surface area contributed by atoms with Crippen LogP contribution < -0.4 is 11.1 Å². The Balaban J connectivity index is 2.68. The summed E-state index contributed by atoms with van der Waals surface area (Å²) in [6.07, 6.45) is 4.70. The topological polar surface area (TPSA) is 76.8 Å². The Morgan fingerprint density at radius 2 is 2.05 bits per heavy atom. The lowest BCUT2D eigenvalue weighted by atomic mass is 9.78. The van der Waals surface area contributed by atoms with E-state index < -0.39 is 5.54 Å². The molecule has 1 fully saturated rings. The molecule has 0 bridgehead atoms. The highest BCUT2D eigenvalue weighted by Gasteiger charge is 2.41. The van der Waals surface area contributed by atoms with Gasteiger partial charge in [0, 0.05) is 40.0 Å². The Kier molecular flexibility index (Phi) is 8.18. The first-order valence-electron chi connectivity index (χ1n) is 7.80. The monoisotopic (exact) mass is 301 g/mol. The van der Waals surface area contributed by atoms with E-state index >= 15 is 0 Å². The van der Waals surface area contributed by atoms with Gasteiger partial charge in [0.15, 0.2) is 0 Å². The van der Waals surface area contributed by atoms with E-state index in [2.05, 4.69) is 10.2 Å². The maximum Gasteiger partial charge on any atom is 0.237 e. The molecule has 1 aliphatic rings.